The highest BCUT2D eigenvalue weighted by Gasteiger charge is 2.20. The molecule has 27 heavy (non-hydrogen) atoms. The Bertz CT molecular complexity index is 1220. The van der Waals surface area contributed by atoms with Crippen molar-refractivity contribution in [3.8, 4) is 28.0 Å². The second-order valence-electron chi connectivity index (χ2n) is 6.88. The van der Waals surface area contributed by atoms with Crippen molar-refractivity contribution in [2.24, 2.45) is 0 Å². The molecule has 0 saturated heterocycles. The highest BCUT2D eigenvalue weighted by Crippen LogP contribution is 2.41. The molecule has 5 aromatic rings. The Kier molecular flexibility index (Phi) is 3.64. The van der Waals surface area contributed by atoms with Crippen LogP contribution in [-0.4, -0.2) is 11.5 Å². The number of methoxy groups -OCH3 is 1. The summed E-state index contributed by atoms with van der Waals surface area (Å²) in [5.41, 5.74) is 10.4. The highest BCUT2D eigenvalue weighted by atomic mass is 16.5. The number of aryl methyl sites for hydroxylation is 1. The van der Waals surface area contributed by atoms with Crippen molar-refractivity contribution in [1.29, 1.82) is 0 Å². The first kappa shape index (κ1) is 16.0. The molecule has 3 heterocycles. The SMILES string of the molecule is CCc1c(-c2ccc(OC)cc2)c2cc(-c3ccccc3)c3cccc1n32. The van der Waals surface area contributed by atoms with Gasteiger partial charge in [0.2, 0.25) is 0 Å². The van der Waals surface area contributed by atoms with Crippen LogP contribution < -0.4 is 4.74 Å². The van der Waals surface area contributed by atoms with Crippen molar-refractivity contribution in [2.45, 2.75) is 13.3 Å². The number of aromatic nitrogens is 1. The highest BCUT2D eigenvalue weighted by molar-refractivity contribution is 6.00. The van der Waals surface area contributed by atoms with E-state index in [1.54, 1.807) is 7.11 Å². The molecule has 0 aliphatic heterocycles. The number of nitrogens with zero attached hydrogens (tertiary/aromatic N) is 1. The third-order valence-electron chi connectivity index (χ3n) is 5.47. The number of ether oxygens (including phenoxy) is 1. The van der Waals surface area contributed by atoms with E-state index in [-0.39, 0.29) is 0 Å². The largest absolute Gasteiger partial charge is 0.497 e. The standard InChI is InChI=1S/C25H21NO/c1-3-20-22-10-7-11-23-21(17-8-5-4-6-9-17)16-24(26(22)23)25(20)18-12-14-19(27-2)15-13-18/h4-16H,3H2,1-2H3. The minimum absolute atomic E-state index is 0.887. The predicted octanol–water partition coefficient (Wildman–Crippen LogP) is 6.44. The van der Waals surface area contributed by atoms with Crippen LogP contribution in [0.4, 0.5) is 0 Å². The van der Waals surface area contributed by atoms with Crippen LogP contribution >= 0.6 is 0 Å². The lowest BCUT2D eigenvalue weighted by Gasteiger charge is -2.06. The van der Waals surface area contributed by atoms with Gasteiger partial charge in [-0.1, -0.05) is 55.5 Å². The van der Waals surface area contributed by atoms with Crippen LogP contribution in [-0.2, 0) is 6.42 Å². The molecule has 0 spiro atoms. The Morgan fingerprint density at radius 1 is 0.741 bits per heavy atom. The van der Waals surface area contributed by atoms with E-state index >= 15 is 0 Å². The van der Waals surface area contributed by atoms with Crippen molar-refractivity contribution in [3.05, 3.63) is 84.4 Å². The fourth-order valence-corrected chi connectivity index (χ4v) is 4.24. The third kappa shape index (κ3) is 2.33. The van der Waals surface area contributed by atoms with Gasteiger partial charge in [0, 0.05) is 11.1 Å². The van der Waals surface area contributed by atoms with Crippen LogP contribution in [0.25, 0.3) is 38.8 Å². The summed E-state index contributed by atoms with van der Waals surface area (Å²) in [6.07, 6.45) is 1.00. The summed E-state index contributed by atoms with van der Waals surface area (Å²) in [6.45, 7) is 2.24. The van der Waals surface area contributed by atoms with E-state index in [9.17, 15) is 0 Å². The summed E-state index contributed by atoms with van der Waals surface area (Å²) < 4.78 is 7.76. The van der Waals surface area contributed by atoms with Crippen LogP contribution in [0.15, 0.2) is 78.9 Å². The molecule has 0 N–H and O–H groups in total. The van der Waals surface area contributed by atoms with Crippen LogP contribution in [0.2, 0.25) is 0 Å². The number of pyridine rings is 1. The first-order chi connectivity index (χ1) is 13.3. The van der Waals surface area contributed by atoms with Gasteiger partial charge in [0.05, 0.1) is 23.7 Å². The van der Waals surface area contributed by atoms with Crippen LogP contribution in [0, 0.1) is 0 Å². The van der Waals surface area contributed by atoms with E-state index in [1.165, 1.54) is 44.4 Å². The van der Waals surface area contributed by atoms with Gasteiger partial charge in [-0.15, -0.1) is 0 Å². The summed E-state index contributed by atoms with van der Waals surface area (Å²) in [6, 6.07) is 28.0. The van der Waals surface area contributed by atoms with Gasteiger partial charge in [0.25, 0.3) is 0 Å². The molecule has 2 heteroatoms. The summed E-state index contributed by atoms with van der Waals surface area (Å²) in [5.74, 6) is 0.887. The van der Waals surface area contributed by atoms with Crippen molar-refractivity contribution in [1.82, 2.24) is 4.40 Å². The van der Waals surface area contributed by atoms with Crippen LogP contribution in [0.3, 0.4) is 0 Å². The molecular formula is C25H21NO. The van der Waals surface area contributed by atoms with Gasteiger partial charge in [-0.3, -0.25) is 0 Å². The number of rotatable bonds is 4. The van der Waals surface area contributed by atoms with Gasteiger partial charge in [-0.25, -0.2) is 0 Å². The van der Waals surface area contributed by atoms with E-state index < -0.39 is 0 Å². The zero-order valence-electron chi connectivity index (χ0n) is 15.6. The summed E-state index contributed by atoms with van der Waals surface area (Å²) in [4.78, 5) is 0. The number of hydrogen-bond acceptors (Lipinski definition) is 1. The van der Waals surface area contributed by atoms with E-state index in [0.29, 0.717) is 0 Å². The first-order valence-corrected chi connectivity index (χ1v) is 9.40. The van der Waals surface area contributed by atoms with E-state index in [2.05, 4.69) is 78.1 Å². The minimum Gasteiger partial charge on any atom is -0.497 e. The molecule has 0 aliphatic carbocycles. The molecule has 2 aromatic carbocycles. The normalized spacial score (nSPS) is 11.5. The average Bonchev–Trinajstić information content (AvgIpc) is 3.27. The van der Waals surface area contributed by atoms with Crippen LogP contribution in [0.1, 0.15) is 12.5 Å². The molecule has 5 rings (SSSR count). The lowest BCUT2D eigenvalue weighted by molar-refractivity contribution is 0.415. The second-order valence-corrected chi connectivity index (χ2v) is 6.88. The maximum atomic E-state index is 5.35. The third-order valence-corrected chi connectivity index (χ3v) is 5.47. The molecule has 0 saturated carbocycles. The van der Waals surface area contributed by atoms with Gasteiger partial charge in [0.1, 0.15) is 5.75 Å². The Labute approximate surface area is 159 Å². The lowest BCUT2D eigenvalue weighted by atomic mass is 9.98. The average molecular weight is 351 g/mol. The Morgan fingerprint density at radius 2 is 1.48 bits per heavy atom. The van der Waals surface area contributed by atoms with E-state index in [1.807, 2.05) is 12.1 Å². The molecule has 0 atom stereocenters. The number of benzene rings is 2. The molecule has 0 bridgehead atoms. The maximum Gasteiger partial charge on any atom is 0.118 e. The van der Waals surface area contributed by atoms with Gasteiger partial charge >= 0.3 is 0 Å². The smallest absolute Gasteiger partial charge is 0.118 e. The fourth-order valence-electron chi connectivity index (χ4n) is 4.24. The van der Waals surface area contributed by atoms with Gasteiger partial charge in [-0.2, -0.15) is 0 Å². The summed E-state index contributed by atoms with van der Waals surface area (Å²) in [5, 5.41) is 0. The van der Waals surface area contributed by atoms with Crippen molar-refractivity contribution in [3.63, 3.8) is 0 Å². The number of hydrogen-bond donors (Lipinski definition) is 0. The Balaban J connectivity index is 1.85. The molecule has 2 nitrogen and oxygen atoms in total. The molecular weight excluding hydrogens is 330 g/mol. The molecule has 0 unspecified atom stereocenters. The van der Waals surface area contributed by atoms with Crippen molar-refractivity contribution < 1.29 is 4.74 Å². The Hall–Kier alpha value is -3.26. The van der Waals surface area contributed by atoms with Gasteiger partial charge in [-0.05, 0) is 53.4 Å². The van der Waals surface area contributed by atoms with Gasteiger partial charge < -0.3 is 9.14 Å². The maximum absolute atomic E-state index is 5.35. The summed E-state index contributed by atoms with van der Waals surface area (Å²) in [7, 11) is 1.71. The monoisotopic (exact) mass is 351 g/mol. The second kappa shape index (κ2) is 6.17. The zero-order chi connectivity index (χ0) is 18.4. The zero-order valence-corrected chi connectivity index (χ0v) is 15.6. The molecule has 0 aliphatic rings. The Morgan fingerprint density at radius 3 is 2.19 bits per heavy atom. The lowest BCUT2D eigenvalue weighted by Crippen LogP contribution is -1.87. The van der Waals surface area contributed by atoms with Crippen LogP contribution in [0.5, 0.6) is 5.75 Å². The quantitative estimate of drug-likeness (QED) is 0.363. The summed E-state index contributed by atoms with van der Waals surface area (Å²) >= 11 is 0. The molecule has 0 fully saturated rings. The predicted molar refractivity (Wildman–Crippen MR) is 113 cm³/mol. The minimum atomic E-state index is 0.887. The topological polar surface area (TPSA) is 13.6 Å². The van der Waals surface area contributed by atoms with Gasteiger partial charge in [0.15, 0.2) is 0 Å². The molecule has 3 aromatic heterocycles. The first-order valence-electron chi connectivity index (χ1n) is 9.40. The molecule has 0 radical (unpaired) electrons. The fraction of sp³-hybridized carbons (Fsp3) is 0.120. The van der Waals surface area contributed by atoms with Crippen molar-refractivity contribution >= 4 is 16.6 Å². The molecule has 132 valence electrons. The van der Waals surface area contributed by atoms with E-state index in [4.69, 9.17) is 4.74 Å². The molecule has 0 amide bonds. The van der Waals surface area contributed by atoms with E-state index in [0.717, 1.165) is 12.2 Å². The van der Waals surface area contributed by atoms with Crippen molar-refractivity contribution in [2.75, 3.05) is 7.11 Å².